The van der Waals surface area contributed by atoms with Crippen LogP contribution in [-0.2, 0) is 0 Å². The summed E-state index contributed by atoms with van der Waals surface area (Å²) in [6, 6.07) is 5.79. The number of methoxy groups -OCH3 is 2. The predicted molar refractivity (Wildman–Crippen MR) is 61.1 cm³/mol. The molecule has 0 aliphatic heterocycles. The van der Waals surface area contributed by atoms with Crippen LogP contribution in [0.4, 0.5) is 0 Å². The molecule has 0 bridgehead atoms. The molecule has 1 atom stereocenters. The van der Waals surface area contributed by atoms with Gasteiger partial charge in [0, 0.05) is 6.04 Å². The van der Waals surface area contributed by atoms with Crippen molar-refractivity contribution in [2.45, 2.75) is 19.4 Å². The molecule has 1 aromatic carbocycles. The quantitative estimate of drug-likeness (QED) is 0.807. The van der Waals surface area contributed by atoms with Crippen molar-refractivity contribution in [3.63, 3.8) is 0 Å². The lowest BCUT2D eigenvalue weighted by molar-refractivity contribution is 0.354. The normalized spacial score (nSPS) is 12.3. The smallest absolute Gasteiger partial charge is 0.161 e. The third-order valence-electron chi connectivity index (χ3n) is 2.33. The molecule has 1 unspecified atom stereocenters. The second-order valence-corrected chi connectivity index (χ2v) is 3.36. The molecule has 15 heavy (non-hydrogen) atoms. The van der Waals surface area contributed by atoms with Crippen LogP contribution in [0.1, 0.15) is 24.9 Å². The first-order chi connectivity index (χ1) is 7.22. The minimum atomic E-state index is 0.0230. The minimum absolute atomic E-state index is 0.0230. The van der Waals surface area contributed by atoms with E-state index in [0.29, 0.717) is 0 Å². The SMILES string of the molecule is C[CH]CC(N)c1ccc(OC)c(OC)c1. The van der Waals surface area contributed by atoms with E-state index in [1.807, 2.05) is 25.1 Å². The van der Waals surface area contributed by atoms with Crippen LogP contribution < -0.4 is 15.2 Å². The summed E-state index contributed by atoms with van der Waals surface area (Å²) in [6.07, 6.45) is 2.91. The second kappa shape index (κ2) is 5.61. The maximum atomic E-state index is 5.99. The third kappa shape index (κ3) is 2.86. The first-order valence-electron chi connectivity index (χ1n) is 4.98. The second-order valence-electron chi connectivity index (χ2n) is 3.36. The van der Waals surface area contributed by atoms with Crippen molar-refractivity contribution in [1.29, 1.82) is 0 Å². The van der Waals surface area contributed by atoms with E-state index < -0.39 is 0 Å². The Morgan fingerprint density at radius 2 is 1.93 bits per heavy atom. The van der Waals surface area contributed by atoms with Gasteiger partial charge in [0.2, 0.25) is 0 Å². The van der Waals surface area contributed by atoms with Gasteiger partial charge in [0.05, 0.1) is 14.2 Å². The zero-order chi connectivity index (χ0) is 11.3. The molecule has 0 saturated carbocycles. The molecule has 0 fully saturated rings. The molecule has 0 aliphatic carbocycles. The van der Waals surface area contributed by atoms with Gasteiger partial charge in [0.1, 0.15) is 0 Å². The lowest BCUT2D eigenvalue weighted by Gasteiger charge is -2.14. The van der Waals surface area contributed by atoms with Gasteiger partial charge < -0.3 is 15.2 Å². The fraction of sp³-hybridized carbons (Fsp3) is 0.417. The molecule has 1 radical (unpaired) electrons. The van der Waals surface area contributed by atoms with E-state index in [1.165, 1.54) is 0 Å². The lowest BCUT2D eigenvalue weighted by Crippen LogP contribution is -2.10. The largest absolute Gasteiger partial charge is 0.493 e. The molecular weight excluding hydrogens is 190 g/mol. The van der Waals surface area contributed by atoms with E-state index in [2.05, 4.69) is 6.42 Å². The average molecular weight is 208 g/mol. The molecule has 3 heteroatoms. The highest BCUT2D eigenvalue weighted by molar-refractivity contribution is 5.43. The summed E-state index contributed by atoms with van der Waals surface area (Å²) in [6.45, 7) is 2.00. The maximum absolute atomic E-state index is 5.99. The van der Waals surface area contributed by atoms with Gasteiger partial charge in [-0.25, -0.2) is 0 Å². The van der Waals surface area contributed by atoms with Gasteiger partial charge in [0.15, 0.2) is 11.5 Å². The summed E-state index contributed by atoms with van der Waals surface area (Å²) in [5.74, 6) is 1.45. The number of rotatable bonds is 5. The van der Waals surface area contributed by atoms with Crippen molar-refractivity contribution in [3.8, 4) is 11.5 Å². The van der Waals surface area contributed by atoms with Gasteiger partial charge in [-0.1, -0.05) is 13.0 Å². The van der Waals surface area contributed by atoms with Crippen LogP contribution in [0.2, 0.25) is 0 Å². The van der Waals surface area contributed by atoms with Crippen LogP contribution in [0.5, 0.6) is 11.5 Å². The van der Waals surface area contributed by atoms with Crippen molar-refractivity contribution in [1.82, 2.24) is 0 Å². The third-order valence-corrected chi connectivity index (χ3v) is 2.33. The summed E-state index contributed by atoms with van der Waals surface area (Å²) >= 11 is 0. The Hall–Kier alpha value is -1.22. The van der Waals surface area contributed by atoms with Gasteiger partial charge in [-0.3, -0.25) is 0 Å². The van der Waals surface area contributed by atoms with Crippen molar-refractivity contribution in [3.05, 3.63) is 30.2 Å². The molecule has 0 heterocycles. The number of benzene rings is 1. The van der Waals surface area contributed by atoms with E-state index >= 15 is 0 Å². The van der Waals surface area contributed by atoms with E-state index in [-0.39, 0.29) is 6.04 Å². The van der Waals surface area contributed by atoms with Crippen LogP contribution in [0.3, 0.4) is 0 Å². The minimum Gasteiger partial charge on any atom is -0.493 e. The van der Waals surface area contributed by atoms with Gasteiger partial charge in [-0.15, -0.1) is 0 Å². The van der Waals surface area contributed by atoms with E-state index in [1.54, 1.807) is 14.2 Å². The van der Waals surface area contributed by atoms with Gasteiger partial charge in [0.25, 0.3) is 0 Å². The fourth-order valence-electron chi connectivity index (χ4n) is 1.47. The molecule has 83 valence electrons. The first-order valence-corrected chi connectivity index (χ1v) is 4.98. The molecule has 3 nitrogen and oxygen atoms in total. The average Bonchev–Trinajstić information content (AvgIpc) is 2.28. The van der Waals surface area contributed by atoms with Crippen LogP contribution in [0.25, 0.3) is 0 Å². The van der Waals surface area contributed by atoms with Crippen LogP contribution in [0.15, 0.2) is 18.2 Å². The van der Waals surface area contributed by atoms with Crippen LogP contribution >= 0.6 is 0 Å². The van der Waals surface area contributed by atoms with Crippen molar-refractivity contribution >= 4 is 0 Å². The summed E-state index contributed by atoms with van der Waals surface area (Å²) in [5.41, 5.74) is 7.05. The molecule has 1 rings (SSSR count). The summed E-state index contributed by atoms with van der Waals surface area (Å²) < 4.78 is 10.4. The Labute approximate surface area is 91.2 Å². The Bertz CT molecular complexity index is 312. The van der Waals surface area contributed by atoms with E-state index in [4.69, 9.17) is 15.2 Å². The molecule has 0 aromatic heterocycles. The molecule has 2 N–H and O–H groups in total. The maximum Gasteiger partial charge on any atom is 0.161 e. The van der Waals surface area contributed by atoms with Crippen molar-refractivity contribution in [2.24, 2.45) is 5.73 Å². The molecule has 0 spiro atoms. The fourth-order valence-corrected chi connectivity index (χ4v) is 1.47. The molecule has 0 amide bonds. The van der Waals surface area contributed by atoms with Gasteiger partial charge in [-0.2, -0.15) is 0 Å². The van der Waals surface area contributed by atoms with Gasteiger partial charge >= 0.3 is 0 Å². The summed E-state index contributed by atoms with van der Waals surface area (Å²) in [5, 5.41) is 0. The summed E-state index contributed by atoms with van der Waals surface area (Å²) in [4.78, 5) is 0. The Balaban J connectivity index is 2.92. The standard InChI is InChI=1S/C12H18NO2/c1-4-5-10(13)9-6-7-11(14-2)12(8-9)15-3/h4,6-8,10H,5,13H2,1-3H3. The van der Waals surface area contributed by atoms with Crippen molar-refractivity contribution < 1.29 is 9.47 Å². The number of ether oxygens (including phenoxy) is 2. The molecule has 0 saturated heterocycles. The highest BCUT2D eigenvalue weighted by Gasteiger charge is 2.09. The van der Waals surface area contributed by atoms with Gasteiger partial charge in [-0.05, 0) is 30.5 Å². The number of nitrogens with two attached hydrogens (primary N) is 1. The zero-order valence-corrected chi connectivity index (χ0v) is 9.49. The molecular formula is C12H18NO2. The van der Waals surface area contributed by atoms with Crippen LogP contribution in [-0.4, -0.2) is 14.2 Å². The number of hydrogen-bond acceptors (Lipinski definition) is 3. The molecule has 0 aliphatic rings. The monoisotopic (exact) mass is 208 g/mol. The lowest BCUT2D eigenvalue weighted by atomic mass is 10.0. The molecule has 1 aromatic rings. The van der Waals surface area contributed by atoms with Crippen molar-refractivity contribution in [2.75, 3.05) is 14.2 Å². The Morgan fingerprint density at radius 1 is 1.27 bits per heavy atom. The summed E-state index contributed by atoms with van der Waals surface area (Å²) in [7, 11) is 3.25. The number of hydrogen-bond donors (Lipinski definition) is 1. The van der Waals surface area contributed by atoms with E-state index in [9.17, 15) is 0 Å². The Kier molecular flexibility index (Phi) is 4.43. The topological polar surface area (TPSA) is 44.5 Å². The first kappa shape index (κ1) is 11.9. The zero-order valence-electron chi connectivity index (χ0n) is 9.49. The highest BCUT2D eigenvalue weighted by atomic mass is 16.5. The predicted octanol–water partition coefficient (Wildman–Crippen LogP) is 2.32. The van der Waals surface area contributed by atoms with Crippen LogP contribution in [0, 0.1) is 6.42 Å². The highest BCUT2D eigenvalue weighted by Crippen LogP contribution is 2.30. The Morgan fingerprint density at radius 3 is 2.47 bits per heavy atom. The van der Waals surface area contributed by atoms with E-state index in [0.717, 1.165) is 23.5 Å².